The number of carbonyl (C=O) groups excluding carboxylic acids is 2. The lowest BCUT2D eigenvalue weighted by Crippen LogP contribution is -2.49. The van der Waals surface area contributed by atoms with E-state index >= 15 is 0 Å². The molecule has 5 N–H and O–H groups in total. The van der Waals surface area contributed by atoms with Crippen LogP contribution in [-0.2, 0) is 10.0 Å². The van der Waals surface area contributed by atoms with Crippen molar-refractivity contribution in [1.29, 1.82) is 0 Å². The quantitative estimate of drug-likeness (QED) is 0.423. The minimum atomic E-state index is -3.38. The average molecular weight is 483 g/mol. The monoisotopic (exact) mass is 482 g/mol. The second-order valence-electron chi connectivity index (χ2n) is 9.01. The van der Waals surface area contributed by atoms with Crippen molar-refractivity contribution in [2.24, 2.45) is 5.73 Å². The lowest BCUT2D eigenvalue weighted by atomic mass is 9.95. The molecular weight excluding hydrogens is 456 g/mol. The average Bonchev–Trinajstić information content (AvgIpc) is 3.35. The number of primary amides is 1. The molecule has 4 heterocycles. The van der Waals surface area contributed by atoms with Crippen molar-refractivity contribution < 1.29 is 18.0 Å². The molecule has 0 radical (unpaired) electrons. The van der Waals surface area contributed by atoms with E-state index in [1.165, 1.54) is 6.20 Å². The van der Waals surface area contributed by atoms with Gasteiger partial charge in [0.05, 0.1) is 17.5 Å². The molecule has 0 aliphatic carbocycles. The number of fused-ring (bicyclic) bond motifs is 3. The number of pyridine rings is 1. The van der Waals surface area contributed by atoms with E-state index in [4.69, 9.17) is 5.73 Å². The Morgan fingerprint density at radius 3 is 2.41 bits per heavy atom. The molecule has 11 heteroatoms. The first-order chi connectivity index (χ1) is 16.2. The Bertz CT molecular complexity index is 1350. The number of aromatic nitrogens is 2. The number of amides is 2. The Morgan fingerprint density at radius 2 is 1.79 bits per heavy atom. The van der Waals surface area contributed by atoms with Crippen molar-refractivity contribution in [1.82, 2.24) is 14.9 Å². The summed E-state index contributed by atoms with van der Waals surface area (Å²) in [5.74, 6) is -0.589. The number of nitrogens with one attached hydrogen (secondary N) is 3. The highest BCUT2D eigenvalue weighted by atomic mass is 32.2. The molecule has 0 saturated carbocycles. The van der Waals surface area contributed by atoms with E-state index in [1.54, 1.807) is 30.5 Å². The van der Waals surface area contributed by atoms with Crippen molar-refractivity contribution in [2.45, 2.75) is 43.8 Å². The topological polar surface area (TPSA) is 150 Å². The summed E-state index contributed by atoms with van der Waals surface area (Å²) in [4.78, 5) is 34.6. The Labute approximate surface area is 197 Å². The summed E-state index contributed by atoms with van der Waals surface area (Å²) in [7, 11) is -3.38. The Kier molecular flexibility index (Phi) is 5.43. The van der Waals surface area contributed by atoms with Crippen LogP contribution >= 0.6 is 0 Å². The van der Waals surface area contributed by atoms with Crippen molar-refractivity contribution in [3.63, 3.8) is 0 Å². The molecular formula is C23H26N6O4S. The number of carbonyl (C=O) groups is 2. The van der Waals surface area contributed by atoms with Gasteiger partial charge in [0.1, 0.15) is 5.65 Å². The van der Waals surface area contributed by atoms with Gasteiger partial charge in [-0.1, -0.05) is 0 Å². The first-order valence-electron chi connectivity index (χ1n) is 11.1. The molecule has 5 rings (SSSR count). The molecule has 0 spiro atoms. The van der Waals surface area contributed by atoms with Crippen molar-refractivity contribution in [2.75, 3.05) is 16.3 Å². The predicted octanol–water partition coefficient (Wildman–Crippen LogP) is 2.28. The molecule has 3 aromatic rings. The van der Waals surface area contributed by atoms with Crippen LogP contribution in [0.15, 0.2) is 42.7 Å². The van der Waals surface area contributed by atoms with Crippen molar-refractivity contribution >= 4 is 44.2 Å². The lowest BCUT2D eigenvalue weighted by Gasteiger charge is -2.40. The van der Waals surface area contributed by atoms with Crippen LogP contribution in [0.1, 0.15) is 46.4 Å². The van der Waals surface area contributed by atoms with Gasteiger partial charge in [-0.25, -0.2) is 13.4 Å². The zero-order valence-electron chi connectivity index (χ0n) is 18.6. The van der Waals surface area contributed by atoms with Crippen LogP contribution in [0.4, 0.5) is 11.4 Å². The molecule has 0 unspecified atom stereocenters. The summed E-state index contributed by atoms with van der Waals surface area (Å²) in [5.41, 5.74) is 8.25. The van der Waals surface area contributed by atoms with Crippen LogP contribution < -0.4 is 15.8 Å². The molecule has 2 fully saturated rings. The second kappa shape index (κ2) is 8.32. The number of sulfonamides is 1. The third-order valence-electron chi connectivity index (χ3n) is 6.60. The van der Waals surface area contributed by atoms with Crippen LogP contribution in [0, 0.1) is 0 Å². The molecule has 2 aromatic heterocycles. The Morgan fingerprint density at radius 1 is 1.12 bits per heavy atom. The molecule has 2 aliphatic rings. The van der Waals surface area contributed by atoms with Gasteiger partial charge in [-0.3, -0.25) is 14.3 Å². The molecule has 1 aromatic carbocycles. The lowest BCUT2D eigenvalue weighted by molar-refractivity contribution is 0.0583. The number of anilines is 2. The van der Waals surface area contributed by atoms with Gasteiger partial charge >= 0.3 is 0 Å². The maximum atomic E-state index is 13.3. The van der Waals surface area contributed by atoms with Crippen molar-refractivity contribution in [3.8, 4) is 0 Å². The van der Waals surface area contributed by atoms with E-state index in [0.717, 1.165) is 37.3 Å². The molecule has 34 heavy (non-hydrogen) atoms. The van der Waals surface area contributed by atoms with Gasteiger partial charge in [-0.2, -0.15) is 0 Å². The normalized spacial score (nSPS) is 22.0. The zero-order chi connectivity index (χ0) is 24.0. The van der Waals surface area contributed by atoms with Crippen LogP contribution in [0.2, 0.25) is 0 Å². The van der Waals surface area contributed by atoms with Gasteiger partial charge in [-0.15, -0.1) is 0 Å². The number of H-pyrrole nitrogens is 1. The molecule has 2 amide bonds. The van der Waals surface area contributed by atoms with E-state index in [-0.39, 0.29) is 24.0 Å². The fourth-order valence-electron chi connectivity index (χ4n) is 5.22. The van der Waals surface area contributed by atoms with Gasteiger partial charge in [-0.05, 0) is 56.0 Å². The zero-order valence-corrected chi connectivity index (χ0v) is 19.4. The number of aromatic amines is 1. The van der Waals surface area contributed by atoms with Crippen LogP contribution in [0.5, 0.6) is 0 Å². The van der Waals surface area contributed by atoms with E-state index < -0.39 is 15.9 Å². The number of hydrogen-bond acceptors (Lipinski definition) is 6. The van der Waals surface area contributed by atoms with Gasteiger partial charge in [0.2, 0.25) is 10.0 Å². The van der Waals surface area contributed by atoms with Crippen molar-refractivity contribution in [3.05, 3.63) is 53.9 Å². The first-order valence-corrected chi connectivity index (χ1v) is 13.0. The smallest absolute Gasteiger partial charge is 0.254 e. The number of piperidine rings is 1. The van der Waals surface area contributed by atoms with E-state index in [1.807, 2.05) is 11.0 Å². The summed E-state index contributed by atoms with van der Waals surface area (Å²) in [6, 6.07) is 8.62. The van der Waals surface area contributed by atoms with Gasteiger partial charge < -0.3 is 20.9 Å². The third kappa shape index (κ3) is 4.18. The summed E-state index contributed by atoms with van der Waals surface area (Å²) in [6.07, 6.45) is 7.68. The summed E-state index contributed by atoms with van der Waals surface area (Å²) in [5, 5.41) is 4.34. The maximum absolute atomic E-state index is 13.3. The van der Waals surface area contributed by atoms with E-state index in [0.29, 0.717) is 28.1 Å². The van der Waals surface area contributed by atoms with Gasteiger partial charge in [0.25, 0.3) is 11.8 Å². The Hall–Kier alpha value is -3.60. The molecule has 2 aliphatic heterocycles. The Balaban J connectivity index is 1.33. The van der Waals surface area contributed by atoms with Gasteiger partial charge in [0, 0.05) is 47.2 Å². The minimum Gasteiger partial charge on any atom is -0.381 e. The number of nitrogens with two attached hydrogens (primary N) is 1. The van der Waals surface area contributed by atoms with E-state index in [9.17, 15) is 18.0 Å². The van der Waals surface area contributed by atoms with Crippen LogP contribution in [0.25, 0.3) is 11.0 Å². The molecule has 2 saturated heterocycles. The largest absolute Gasteiger partial charge is 0.381 e. The number of hydrogen-bond donors (Lipinski definition) is 4. The molecule has 10 nitrogen and oxygen atoms in total. The number of benzene rings is 1. The van der Waals surface area contributed by atoms with Gasteiger partial charge in [0.15, 0.2) is 0 Å². The summed E-state index contributed by atoms with van der Waals surface area (Å²) in [6.45, 7) is 0. The highest BCUT2D eigenvalue weighted by Crippen LogP contribution is 2.39. The predicted molar refractivity (Wildman–Crippen MR) is 129 cm³/mol. The van der Waals surface area contributed by atoms with E-state index in [2.05, 4.69) is 20.0 Å². The standard InChI is InChI=1S/C23H26N6O4S/c1-34(32,33)28-14-4-2-13(3-5-14)23(31)29-16-6-7-17(29)11-15(10-16)27-20-18-8-9-25-22(18)26-12-19(20)21(24)30/h2-5,8-9,12,15-17,28H,6-7,10-11H2,1H3,(H2,24,30)(H2,25,26,27)/t16-,17-/m0/s1. The number of nitrogens with zero attached hydrogens (tertiary/aromatic N) is 2. The maximum Gasteiger partial charge on any atom is 0.254 e. The highest BCUT2D eigenvalue weighted by molar-refractivity contribution is 7.92. The first kappa shape index (κ1) is 22.2. The van der Waals surface area contributed by atoms with Crippen LogP contribution in [0.3, 0.4) is 0 Å². The highest BCUT2D eigenvalue weighted by Gasteiger charge is 2.43. The number of rotatable bonds is 6. The third-order valence-corrected chi connectivity index (χ3v) is 7.21. The van der Waals surface area contributed by atoms with Crippen LogP contribution in [-0.4, -0.2) is 59.5 Å². The molecule has 2 bridgehead atoms. The summed E-state index contributed by atoms with van der Waals surface area (Å²) < 4.78 is 25.2. The fourth-order valence-corrected chi connectivity index (χ4v) is 5.79. The SMILES string of the molecule is CS(=O)(=O)Nc1ccc(C(=O)N2[C@H]3CC[C@H]2CC(Nc2c(C(N)=O)cnc4[nH]ccc24)C3)cc1. The summed E-state index contributed by atoms with van der Waals surface area (Å²) >= 11 is 0. The molecule has 2 atom stereocenters. The minimum absolute atomic E-state index is 0.0494. The second-order valence-corrected chi connectivity index (χ2v) is 10.8. The fraction of sp³-hybridized carbons (Fsp3) is 0.348. The molecule has 178 valence electrons.